The molecular formula is C42H26OS. The monoisotopic (exact) mass is 578 g/mol. The lowest BCUT2D eigenvalue weighted by Gasteiger charge is -2.08. The number of hydrogen-bond donors (Lipinski definition) is 0. The van der Waals surface area contributed by atoms with E-state index in [2.05, 4.69) is 158 Å². The lowest BCUT2D eigenvalue weighted by atomic mass is 9.96. The van der Waals surface area contributed by atoms with Gasteiger partial charge in [0.1, 0.15) is 11.2 Å². The van der Waals surface area contributed by atoms with Gasteiger partial charge in [-0.2, -0.15) is 0 Å². The maximum absolute atomic E-state index is 6.82. The van der Waals surface area contributed by atoms with Crippen molar-refractivity contribution in [1.29, 1.82) is 0 Å². The molecule has 2 aromatic heterocycles. The molecule has 0 spiro atoms. The van der Waals surface area contributed by atoms with Crippen LogP contribution in [0.5, 0.6) is 0 Å². The second-order valence-electron chi connectivity index (χ2n) is 11.3. The van der Waals surface area contributed by atoms with Gasteiger partial charge in [-0.1, -0.05) is 133 Å². The molecule has 2 heteroatoms. The van der Waals surface area contributed by atoms with E-state index >= 15 is 0 Å². The van der Waals surface area contributed by atoms with Crippen molar-refractivity contribution >= 4 is 53.4 Å². The van der Waals surface area contributed by atoms with Crippen molar-refractivity contribution in [3.8, 4) is 44.5 Å². The van der Waals surface area contributed by atoms with Crippen LogP contribution >= 0.6 is 11.3 Å². The lowest BCUT2D eigenvalue weighted by Crippen LogP contribution is -1.83. The van der Waals surface area contributed by atoms with Crippen molar-refractivity contribution in [3.63, 3.8) is 0 Å². The number of furan rings is 1. The summed E-state index contributed by atoms with van der Waals surface area (Å²) in [7, 11) is 0. The third kappa shape index (κ3) is 4.07. The minimum absolute atomic E-state index is 0.925. The Morgan fingerprint density at radius 1 is 0.318 bits per heavy atom. The predicted molar refractivity (Wildman–Crippen MR) is 188 cm³/mol. The quantitative estimate of drug-likeness (QED) is 0.202. The molecule has 0 unspecified atom stereocenters. The largest absolute Gasteiger partial charge is 0.455 e. The molecule has 0 amide bonds. The van der Waals surface area contributed by atoms with Crippen molar-refractivity contribution < 1.29 is 4.42 Å². The second-order valence-corrected chi connectivity index (χ2v) is 12.4. The molecule has 0 aliphatic carbocycles. The Morgan fingerprint density at radius 2 is 0.818 bits per heavy atom. The maximum atomic E-state index is 6.82. The fraction of sp³-hybridized carbons (Fsp3) is 0. The summed E-state index contributed by atoms with van der Waals surface area (Å²) in [5, 5.41) is 4.88. The van der Waals surface area contributed by atoms with Crippen LogP contribution in [0.4, 0.5) is 0 Å². The molecule has 1 nitrogen and oxygen atoms in total. The molecule has 0 radical (unpaired) electrons. The van der Waals surface area contributed by atoms with E-state index in [0.29, 0.717) is 0 Å². The fourth-order valence-corrected chi connectivity index (χ4v) is 7.61. The van der Waals surface area contributed by atoms with Gasteiger partial charge >= 0.3 is 0 Å². The number of fused-ring (bicyclic) bond motifs is 6. The third-order valence-electron chi connectivity index (χ3n) is 8.71. The first-order chi connectivity index (χ1) is 21.8. The normalized spacial score (nSPS) is 11.6. The third-order valence-corrected chi connectivity index (χ3v) is 9.86. The number of benzene rings is 7. The van der Waals surface area contributed by atoms with Gasteiger partial charge in [-0.05, 0) is 57.6 Å². The molecule has 7 aromatic carbocycles. The summed E-state index contributed by atoms with van der Waals surface area (Å²) in [6.07, 6.45) is 0. The Morgan fingerprint density at radius 3 is 1.57 bits per heavy atom. The molecule has 0 atom stereocenters. The molecule has 0 fully saturated rings. The molecule has 44 heavy (non-hydrogen) atoms. The van der Waals surface area contributed by atoms with E-state index in [9.17, 15) is 0 Å². The maximum Gasteiger partial charge on any atom is 0.143 e. The van der Waals surface area contributed by atoms with Crippen LogP contribution in [0, 0.1) is 0 Å². The van der Waals surface area contributed by atoms with Crippen LogP contribution in [-0.4, -0.2) is 0 Å². The Labute approximate surface area is 259 Å². The van der Waals surface area contributed by atoms with Crippen LogP contribution in [-0.2, 0) is 0 Å². The Balaban J connectivity index is 1.15. The van der Waals surface area contributed by atoms with Crippen LogP contribution in [0.1, 0.15) is 0 Å². The van der Waals surface area contributed by atoms with Gasteiger partial charge < -0.3 is 4.42 Å². The highest BCUT2D eigenvalue weighted by Crippen LogP contribution is 2.42. The van der Waals surface area contributed by atoms with Gasteiger partial charge in [0.15, 0.2) is 0 Å². The Hall–Kier alpha value is -5.44. The van der Waals surface area contributed by atoms with Gasteiger partial charge in [-0.25, -0.2) is 0 Å². The summed E-state index contributed by atoms with van der Waals surface area (Å²) in [5.74, 6) is 0. The van der Waals surface area contributed by atoms with Crippen LogP contribution in [0.15, 0.2) is 162 Å². The average molecular weight is 579 g/mol. The zero-order valence-electron chi connectivity index (χ0n) is 23.8. The van der Waals surface area contributed by atoms with Crippen molar-refractivity contribution in [3.05, 3.63) is 158 Å². The van der Waals surface area contributed by atoms with Crippen molar-refractivity contribution in [2.45, 2.75) is 0 Å². The SMILES string of the molecule is c1ccc(-c2ccc(-c3cccc(-c4cccc5c4oc4c(-c6ccc7sc8ccccc8c7c6)cccc45)c3)cc2)cc1. The van der Waals surface area contributed by atoms with Gasteiger partial charge in [0, 0.05) is 42.1 Å². The predicted octanol–water partition coefficient (Wildman–Crippen LogP) is 12.6. The standard InChI is InChI=1S/C42H26OS/c1-2-9-27(10-3-1)28-19-21-29(22-20-28)30-11-6-12-31(25-30)33-14-7-16-36-37-17-8-15-34(42(37)43-41(33)36)32-23-24-40-38(26-32)35-13-4-5-18-39(35)44-40/h1-26H. The number of thiophene rings is 1. The zero-order chi connectivity index (χ0) is 29.0. The molecule has 0 saturated carbocycles. The molecule has 0 aliphatic rings. The smallest absolute Gasteiger partial charge is 0.143 e. The molecule has 9 rings (SSSR count). The summed E-state index contributed by atoms with van der Waals surface area (Å²) in [4.78, 5) is 0. The van der Waals surface area contributed by atoms with Crippen LogP contribution in [0.2, 0.25) is 0 Å². The van der Waals surface area contributed by atoms with Crippen LogP contribution in [0.3, 0.4) is 0 Å². The molecule has 9 aromatic rings. The van der Waals surface area contributed by atoms with E-state index in [1.54, 1.807) is 0 Å². The van der Waals surface area contributed by atoms with Gasteiger partial charge in [0.2, 0.25) is 0 Å². The first-order valence-corrected chi connectivity index (χ1v) is 15.7. The van der Waals surface area contributed by atoms with Gasteiger partial charge in [-0.3, -0.25) is 0 Å². The van der Waals surface area contributed by atoms with Gasteiger partial charge in [0.25, 0.3) is 0 Å². The summed E-state index contributed by atoms with van der Waals surface area (Å²) in [6, 6.07) is 56.6. The highest BCUT2D eigenvalue weighted by molar-refractivity contribution is 7.25. The van der Waals surface area contributed by atoms with Gasteiger partial charge in [0.05, 0.1) is 0 Å². The summed E-state index contributed by atoms with van der Waals surface area (Å²) in [5.41, 5.74) is 11.2. The molecule has 0 N–H and O–H groups in total. The highest BCUT2D eigenvalue weighted by atomic mass is 32.1. The first kappa shape index (κ1) is 25.1. The van der Waals surface area contributed by atoms with E-state index in [1.807, 2.05) is 11.3 Å². The second kappa shape index (κ2) is 10.1. The van der Waals surface area contributed by atoms with Crippen molar-refractivity contribution in [2.75, 3.05) is 0 Å². The molecular weight excluding hydrogens is 553 g/mol. The van der Waals surface area contributed by atoms with Gasteiger partial charge in [-0.15, -0.1) is 11.3 Å². The first-order valence-electron chi connectivity index (χ1n) is 14.9. The van der Waals surface area contributed by atoms with E-state index in [1.165, 1.54) is 48.0 Å². The van der Waals surface area contributed by atoms with E-state index < -0.39 is 0 Å². The van der Waals surface area contributed by atoms with E-state index in [4.69, 9.17) is 4.42 Å². The lowest BCUT2D eigenvalue weighted by molar-refractivity contribution is 0.671. The zero-order valence-corrected chi connectivity index (χ0v) is 24.6. The average Bonchev–Trinajstić information content (AvgIpc) is 3.67. The summed E-state index contributed by atoms with van der Waals surface area (Å²) >= 11 is 1.85. The minimum atomic E-state index is 0.925. The Kier molecular flexibility index (Phi) is 5.75. The number of para-hydroxylation sites is 2. The molecule has 0 aliphatic heterocycles. The molecule has 0 bridgehead atoms. The van der Waals surface area contributed by atoms with E-state index in [0.717, 1.165) is 38.6 Å². The van der Waals surface area contributed by atoms with Crippen LogP contribution < -0.4 is 0 Å². The molecule has 2 heterocycles. The summed E-state index contributed by atoms with van der Waals surface area (Å²) < 4.78 is 9.45. The minimum Gasteiger partial charge on any atom is -0.455 e. The summed E-state index contributed by atoms with van der Waals surface area (Å²) in [6.45, 7) is 0. The van der Waals surface area contributed by atoms with Crippen LogP contribution in [0.25, 0.3) is 86.6 Å². The highest BCUT2D eigenvalue weighted by Gasteiger charge is 2.17. The van der Waals surface area contributed by atoms with E-state index in [-0.39, 0.29) is 0 Å². The molecule has 0 saturated heterocycles. The fourth-order valence-electron chi connectivity index (χ4n) is 6.52. The van der Waals surface area contributed by atoms with Crippen molar-refractivity contribution in [1.82, 2.24) is 0 Å². The number of rotatable bonds is 4. The molecule has 206 valence electrons. The Bertz CT molecular complexity index is 2480. The topological polar surface area (TPSA) is 13.1 Å². The van der Waals surface area contributed by atoms with Crippen molar-refractivity contribution in [2.24, 2.45) is 0 Å². The number of hydrogen-bond acceptors (Lipinski definition) is 2.